The molecule has 5 heteroatoms. The first-order valence-corrected chi connectivity index (χ1v) is 8.41. The first kappa shape index (κ1) is 14.4. The third kappa shape index (κ3) is 2.64. The van der Waals surface area contributed by atoms with Gasteiger partial charge in [0.15, 0.2) is 5.78 Å². The van der Waals surface area contributed by atoms with Gasteiger partial charge in [-0.25, -0.2) is 9.97 Å². The molecule has 3 heterocycles. The van der Waals surface area contributed by atoms with Gasteiger partial charge in [0.2, 0.25) is 5.95 Å². The van der Waals surface area contributed by atoms with Gasteiger partial charge < -0.3 is 9.32 Å². The summed E-state index contributed by atoms with van der Waals surface area (Å²) in [5, 5.41) is 0. The number of carbonyl (C=O) groups excluding carboxylic acids is 1. The van der Waals surface area contributed by atoms with Gasteiger partial charge >= 0.3 is 0 Å². The van der Waals surface area contributed by atoms with Gasteiger partial charge in [-0.15, -0.1) is 0 Å². The number of aryl methyl sites for hydroxylation is 1. The van der Waals surface area contributed by atoms with Crippen molar-refractivity contribution in [3.8, 4) is 0 Å². The molecule has 120 valence electrons. The molecule has 0 saturated carbocycles. The average Bonchev–Trinajstić information content (AvgIpc) is 3.09. The quantitative estimate of drug-likeness (QED) is 0.852. The standard InChI is InChI=1S/C18H21N3O2/c1-12-17-14(20-18(19-12)21-7-3-2-4-8-21)10-13(11-15(17)22)16-6-5-9-23-16/h5-6,9,13H,2-4,7-8,10-11H2,1H3/t13-/m0/s1. The maximum Gasteiger partial charge on any atom is 0.225 e. The smallest absolute Gasteiger partial charge is 0.225 e. The van der Waals surface area contributed by atoms with E-state index in [4.69, 9.17) is 9.40 Å². The minimum Gasteiger partial charge on any atom is -0.469 e. The summed E-state index contributed by atoms with van der Waals surface area (Å²) in [6, 6.07) is 3.82. The Kier molecular flexibility index (Phi) is 3.63. The number of rotatable bonds is 2. The highest BCUT2D eigenvalue weighted by Gasteiger charge is 2.31. The van der Waals surface area contributed by atoms with Crippen molar-refractivity contribution in [3.63, 3.8) is 0 Å². The SMILES string of the molecule is Cc1nc(N2CCCCC2)nc2c1C(=O)C[C@@H](c1ccco1)C2. The minimum atomic E-state index is 0.0912. The van der Waals surface area contributed by atoms with E-state index in [0.717, 1.165) is 48.2 Å². The third-order valence-electron chi connectivity index (χ3n) is 4.89. The number of hydrogen-bond donors (Lipinski definition) is 0. The molecule has 2 aromatic rings. The van der Waals surface area contributed by atoms with Gasteiger partial charge in [0.25, 0.3) is 0 Å². The molecular formula is C18H21N3O2. The highest BCUT2D eigenvalue weighted by molar-refractivity contribution is 5.99. The monoisotopic (exact) mass is 311 g/mol. The molecular weight excluding hydrogens is 290 g/mol. The zero-order chi connectivity index (χ0) is 15.8. The van der Waals surface area contributed by atoms with Gasteiger partial charge in [0.1, 0.15) is 5.76 Å². The zero-order valence-corrected chi connectivity index (χ0v) is 13.4. The van der Waals surface area contributed by atoms with Crippen LogP contribution in [-0.2, 0) is 6.42 Å². The molecule has 1 aliphatic heterocycles. The second-order valence-corrected chi connectivity index (χ2v) is 6.52. The topological polar surface area (TPSA) is 59.2 Å². The lowest BCUT2D eigenvalue weighted by Gasteiger charge is -2.29. The molecule has 4 rings (SSSR count). The number of fused-ring (bicyclic) bond motifs is 1. The van der Waals surface area contributed by atoms with E-state index >= 15 is 0 Å². The van der Waals surface area contributed by atoms with Gasteiger partial charge in [-0.2, -0.15) is 0 Å². The number of ketones is 1. The third-order valence-corrected chi connectivity index (χ3v) is 4.89. The molecule has 1 saturated heterocycles. The predicted molar refractivity (Wildman–Crippen MR) is 86.9 cm³/mol. The van der Waals surface area contributed by atoms with E-state index in [9.17, 15) is 4.79 Å². The number of aromatic nitrogens is 2. The van der Waals surface area contributed by atoms with Gasteiger partial charge in [-0.1, -0.05) is 0 Å². The molecule has 2 aromatic heterocycles. The summed E-state index contributed by atoms with van der Waals surface area (Å²) in [7, 11) is 0. The van der Waals surface area contributed by atoms with Crippen LogP contribution in [0.15, 0.2) is 22.8 Å². The Morgan fingerprint density at radius 3 is 2.74 bits per heavy atom. The molecule has 1 fully saturated rings. The van der Waals surface area contributed by atoms with Gasteiger partial charge in [0, 0.05) is 31.8 Å². The molecule has 0 bridgehead atoms. The molecule has 0 radical (unpaired) electrons. The fourth-order valence-corrected chi connectivity index (χ4v) is 3.72. The van der Waals surface area contributed by atoms with Gasteiger partial charge in [0.05, 0.1) is 23.2 Å². The molecule has 5 nitrogen and oxygen atoms in total. The van der Waals surface area contributed by atoms with E-state index in [-0.39, 0.29) is 11.7 Å². The fraction of sp³-hybridized carbons (Fsp3) is 0.500. The molecule has 0 N–H and O–H groups in total. The Hall–Kier alpha value is -2.17. The van der Waals surface area contributed by atoms with E-state index in [1.54, 1.807) is 6.26 Å². The van der Waals surface area contributed by atoms with Crippen molar-refractivity contribution in [2.24, 2.45) is 0 Å². The minimum absolute atomic E-state index is 0.0912. The molecule has 0 aromatic carbocycles. The number of piperidine rings is 1. The van der Waals surface area contributed by atoms with Crippen molar-refractivity contribution >= 4 is 11.7 Å². The summed E-state index contributed by atoms with van der Waals surface area (Å²) >= 11 is 0. The van der Waals surface area contributed by atoms with Crippen molar-refractivity contribution in [1.82, 2.24) is 9.97 Å². The lowest BCUT2D eigenvalue weighted by molar-refractivity contribution is 0.0958. The van der Waals surface area contributed by atoms with E-state index in [0.29, 0.717) is 6.42 Å². The van der Waals surface area contributed by atoms with Crippen molar-refractivity contribution in [1.29, 1.82) is 0 Å². The van der Waals surface area contributed by atoms with Crippen LogP contribution in [-0.4, -0.2) is 28.8 Å². The van der Waals surface area contributed by atoms with Crippen LogP contribution < -0.4 is 4.90 Å². The van der Waals surface area contributed by atoms with Crippen LogP contribution in [0.1, 0.15) is 59.1 Å². The van der Waals surface area contributed by atoms with Gasteiger partial charge in [-0.3, -0.25) is 4.79 Å². The van der Waals surface area contributed by atoms with Crippen LogP contribution in [0.25, 0.3) is 0 Å². The number of carbonyl (C=O) groups is 1. The Morgan fingerprint density at radius 2 is 2.00 bits per heavy atom. The van der Waals surface area contributed by atoms with Crippen molar-refractivity contribution in [2.75, 3.05) is 18.0 Å². The largest absolute Gasteiger partial charge is 0.469 e. The van der Waals surface area contributed by atoms with Gasteiger partial charge in [-0.05, 0) is 38.3 Å². The average molecular weight is 311 g/mol. The van der Waals surface area contributed by atoms with E-state index in [1.165, 1.54) is 19.3 Å². The van der Waals surface area contributed by atoms with Crippen LogP contribution >= 0.6 is 0 Å². The Balaban J connectivity index is 1.69. The summed E-state index contributed by atoms with van der Waals surface area (Å²) in [5.41, 5.74) is 2.43. The number of nitrogens with zero attached hydrogens (tertiary/aromatic N) is 3. The van der Waals surface area contributed by atoms with Crippen molar-refractivity contribution in [3.05, 3.63) is 41.1 Å². The predicted octanol–water partition coefficient (Wildman–Crippen LogP) is 3.28. The summed E-state index contributed by atoms with van der Waals surface area (Å²) in [5.74, 6) is 1.89. The maximum absolute atomic E-state index is 12.6. The Morgan fingerprint density at radius 1 is 1.17 bits per heavy atom. The highest BCUT2D eigenvalue weighted by atomic mass is 16.3. The normalized spacial score (nSPS) is 21.3. The lowest BCUT2D eigenvalue weighted by atomic mass is 9.84. The number of Topliss-reactive ketones (excluding diaryl/α,β-unsaturated/α-hetero) is 1. The molecule has 0 unspecified atom stereocenters. The van der Waals surface area contributed by atoms with Crippen LogP contribution in [0.4, 0.5) is 5.95 Å². The highest BCUT2D eigenvalue weighted by Crippen LogP contribution is 2.34. The number of furan rings is 1. The van der Waals surface area contributed by atoms with Crippen molar-refractivity contribution in [2.45, 2.75) is 44.9 Å². The molecule has 1 aliphatic carbocycles. The molecule has 0 spiro atoms. The van der Waals surface area contributed by atoms with E-state index in [1.807, 2.05) is 19.1 Å². The van der Waals surface area contributed by atoms with Crippen LogP contribution in [0.5, 0.6) is 0 Å². The fourth-order valence-electron chi connectivity index (χ4n) is 3.72. The Bertz CT molecular complexity index is 718. The summed E-state index contributed by atoms with van der Waals surface area (Å²) in [4.78, 5) is 24.2. The van der Waals surface area contributed by atoms with Crippen LogP contribution in [0, 0.1) is 6.92 Å². The van der Waals surface area contributed by atoms with E-state index in [2.05, 4.69) is 9.88 Å². The Labute approximate surface area is 135 Å². The number of anilines is 1. The molecule has 1 atom stereocenters. The molecule has 0 amide bonds. The maximum atomic E-state index is 12.6. The van der Waals surface area contributed by atoms with Crippen molar-refractivity contribution < 1.29 is 9.21 Å². The second kappa shape index (κ2) is 5.80. The van der Waals surface area contributed by atoms with Crippen LogP contribution in [0.3, 0.4) is 0 Å². The summed E-state index contributed by atoms with van der Waals surface area (Å²) < 4.78 is 5.51. The van der Waals surface area contributed by atoms with E-state index < -0.39 is 0 Å². The first-order chi connectivity index (χ1) is 11.2. The first-order valence-electron chi connectivity index (χ1n) is 8.41. The molecule has 23 heavy (non-hydrogen) atoms. The van der Waals surface area contributed by atoms with Crippen LogP contribution in [0.2, 0.25) is 0 Å². The molecule has 2 aliphatic rings. The zero-order valence-electron chi connectivity index (χ0n) is 13.4. The summed E-state index contributed by atoms with van der Waals surface area (Å²) in [6.07, 6.45) is 6.55. The summed E-state index contributed by atoms with van der Waals surface area (Å²) in [6.45, 7) is 3.95. The lowest BCUT2D eigenvalue weighted by Crippen LogP contribution is -2.32. The second-order valence-electron chi connectivity index (χ2n) is 6.52. The number of hydrogen-bond acceptors (Lipinski definition) is 5.